The Labute approximate surface area is 233 Å². The zero-order valence-corrected chi connectivity index (χ0v) is 22.8. The Morgan fingerprint density at radius 1 is 0.781 bits per heavy atom. The maximum Gasteiger partial charge on any atom is 1.00 e. The van der Waals surface area contributed by atoms with Crippen LogP contribution in [0.4, 0.5) is 0 Å². The Morgan fingerprint density at radius 2 is 1.09 bits per heavy atom. The van der Waals surface area contributed by atoms with Crippen LogP contribution in [-0.2, 0) is 28.4 Å². The van der Waals surface area contributed by atoms with E-state index in [0.717, 1.165) is 0 Å². The molecule has 0 aromatic rings. The molecule has 32 heavy (non-hydrogen) atoms. The smallest absolute Gasteiger partial charge is 0.850 e. The van der Waals surface area contributed by atoms with E-state index >= 15 is 0 Å². The predicted molar refractivity (Wildman–Crippen MR) is 111 cm³/mol. The molecule has 0 bridgehead atoms. The van der Waals surface area contributed by atoms with Gasteiger partial charge in [-0.25, -0.2) is 0 Å². The fourth-order valence-corrected chi connectivity index (χ4v) is 3.56. The molecule has 8 atom stereocenters. The van der Waals surface area contributed by atoms with E-state index in [1.165, 1.54) is 0 Å². The molecule has 0 aliphatic carbocycles. The van der Waals surface area contributed by atoms with Gasteiger partial charge in [0.1, 0.15) is 48.8 Å². The van der Waals surface area contributed by atoms with Crippen molar-refractivity contribution in [3.05, 3.63) is 25.3 Å². The second-order valence-corrected chi connectivity index (χ2v) is 8.76. The summed E-state index contributed by atoms with van der Waals surface area (Å²) in [5.74, 6) is 0. The van der Waals surface area contributed by atoms with Crippen LogP contribution in [0.25, 0.3) is 0 Å². The Balaban J connectivity index is 0.000000274. The standard InChI is InChI=1S/C12H18O4.C6H10O4.C4H9O.K/c1-3-5-13-9-7-15-12-10(14-6-4-2)8-16-11(9)12;7-3-1-9-6-4(8)2-10-5(3)6;1-4(2,3)5;/h3-4,9-12H,1-2,5-8H2;3-8H,1-2H2;1-3H3;/q;;-1;+1/t9-,10-,11+,12+;3-,4-,5+,6+;;/m11../s1. The van der Waals surface area contributed by atoms with Crippen LogP contribution in [0.1, 0.15) is 20.8 Å². The van der Waals surface area contributed by atoms with Crippen molar-refractivity contribution in [3.8, 4) is 0 Å². The van der Waals surface area contributed by atoms with Crippen LogP contribution in [0.5, 0.6) is 0 Å². The molecule has 0 spiro atoms. The van der Waals surface area contributed by atoms with Gasteiger partial charge in [-0.2, -0.15) is 0 Å². The van der Waals surface area contributed by atoms with E-state index in [1.807, 2.05) is 0 Å². The average Bonchev–Trinajstić information content (AvgIpc) is 3.44. The summed E-state index contributed by atoms with van der Waals surface area (Å²) in [6.45, 7) is 14.9. The van der Waals surface area contributed by atoms with Crippen molar-refractivity contribution < 1.29 is 95.1 Å². The van der Waals surface area contributed by atoms with Crippen molar-refractivity contribution in [2.45, 2.75) is 75.2 Å². The van der Waals surface area contributed by atoms with Crippen molar-refractivity contribution in [2.24, 2.45) is 0 Å². The number of rotatable bonds is 6. The summed E-state index contributed by atoms with van der Waals surface area (Å²) in [4.78, 5) is 0. The normalized spacial score (nSPS) is 37.2. The number of ether oxygens (including phenoxy) is 6. The maximum atomic E-state index is 10.1. The minimum Gasteiger partial charge on any atom is -0.850 e. The van der Waals surface area contributed by atoms with Crippen LogP contribution >= 0.6 is 0 Å². The summed E-state index contributed by atoms with van der Waals surface area (Å²) in [6.07, 6.45) is 1.75. The zero-order chi connectivity index (χ0) is 23.0. The Hall–Kier alpha value is 0.756. The SMILES string of the molecule is C=CCO[C@@H]1CO[C@@H]2[C@H]1OC[C@H]2OCC=C.CC(C)(C)[O-].O[C@@H]1CO[C@@H]2[C@H]1OC[C@H]2O.[K+]. The van der Waals surface area contributed by atoms with Crippen molar-refractivity contribution in [2.75, 3.05) is 39.6 Å². The molecule has 0 radical (unpaired) electrons. The van der Waals surface area contributed by atoms with Gasteiger partial charge in [0.2, 0.25) is 0 Å². The van der Waals surface area contributed by atoms with Crippen LogP contribution in [0.3, 0.4) is 0 Å². The molecular weight excluding hydrogens is 447 g/mol. The molecule has 10 heteroatoms. The molecule has 0 aromatic carbocycles. The largest absolute Gasteiger partial charge is 1.00 e. The maximum absolute atomic E-state index is 10.1. The molecule has 180 valence electrons. The number of fused-ring (bicyclic) bond motifs is 2. The Kier molecular flexibility index (Phi) is 14.4. The van der Waals surface area contributed by atoms with Gasteiger partial charge in [0.15, 0.2) is 0 Å². The summed E-state index contributed by atoms with van der Waals surface area (Å²) >= 11 is 0. The van der Waals surface area contributed by atoms with Gasteiger partial charge in [0.05, 0.1) is 39.6 Å². The second kappa shape index (κ2) is 15.0. The van der Waals surface area contributed by atoms with Gasteiger partial charge >= 0.3 is 51.4 Å². The molecule has 4 rings (SSSR count). The molecule has 0 unspecified atom stereocenters. The molecule has 4 saturated heterocycles. The summed E-state index contributed by atoms with van der Waals surface area (Å²) in [5.41, 5.74) is -0.750. The van der Waals surface area contributed by atoms with E-state index in [0.29, 0.717) is 26.4 Å². The first-order valence-electron chi connectivity index (χ1n) is 10.6. The molecular formula is C22H37KO9. The Morgan fingerprint density at radius 3 is 1.41 bits per heavy atom. The van der Waals surface area contributed by atoms with E-state index in [1.54, 1.807) is 32.9 Å². The molecule has 4 heterocycles. The molecule has 2 N–H and O–H groups in total. The van der Waals surface area contributed by atoms with Gasteiger partial charge < -0.3 is 43.7 Å². The van der Waals surface area contributed by atoms with Crippen LogP contribution in [-0.4, -0.2) is 104 Å². The zero-order valence-electron chi connectivity index (χ0n) is 19.7. The Bertz CT molecular complexity index is 508. The summed E-state index contributed by atoms with van der Waals surface area (Å²) in [7, 11) is 0. The van der Waals surface area contributed by atoms with Gasteiger partial charge in [0, 0.05) is 0 Å². The monoisotopic (exact) mass is 484 g/mol. The molecule has 0 saturated carbocycles. The van der Waals surface area contributed by atoms with Gasteiger partial charge in [-0.15, -0.1) is 18.8 Å². The first kappa shape index (κ1) is 30.8. The van der Waals surface area contributed by atoms with Gasteiger partial charge in [-0.05, 0) is 0 Å². The van der Waals surface area contributed by atoms with E-state index in [-0.39, 0.29) is 101 Å². The minimum atomic E-state index is -0.750. The van der Waals surface area contributed by atoms with Crippen LogP contribution in [0.2, 0.25) is 0 Å². The van der Waals surface area contributed by atoms with E-state index in [2.05, 4.69) is 13.2 Å². The second-order valence-electron chi connectivity index (χ2n) is 8.76. The van der Waals surface area contributed by atoms with E-state index in [9.17, 15) is 5.11 Å². The van der Waals surface area contributed by atoms with Crippen molar-refractivity contribution in [3.63, 3.8) is 0 Å². The first-order valence-corrected chi connectivity index (χ1v) is 10.6. The van der Waals surface area contributed by atoms with Crippen molar-refractivity contribution >= 4 is 0 Å². The van der Waals surface area contributed by atoms with Gasteiger partial charge in [0.25, 0.3) is 0 Å². The van der Waals surface area contributed by atoms with Crippen molar-refractivity contribution in [1.29, 1.82) is 0 Å². The number of aliphatic hydroxyl groups is 2. The fraction of sp³-hybridized carbons (Fsp3) is 0.818. The third-order valence-electron chi connectivity index (χ3n) is 4.82. The third kappa shape index (κ3) is 9.78. The average molecular weight is 485 g/mol. The number of hydrogen-bond donors (Lipinski definition) is 2. The molecule has 0 aromatic heterocycles. The number of hydrogen-bond acceptors (Lipinski definition) is 9. The van der Waals surface area contributed by atoms with Gasteiger partial charge in [-0.3, -0.25) is 0 Å². The molecule has 9 nitrogen and oxygen atoms in total. The van der Waals surface area contributed by atoms with Crippen LogP contribution in [0.15, 0.2) is 25.3 Å². The van der Waals surface area contributed by atoms with E-state index < -0.39 is 17.8 Å². The fourth-order valence-electron chi connectivity index (χ4n) is 3.56. The molecule has 4 aliphatic rings. The summed E-state index contributed by atoms with van der Waals surface area (Å²) < 4.78 is 32.6. The van der Waals surface area contributed by atoms with Crippen LogP contribution < -0.4 is 56.5 Å². The van der Waals surface area contributed by atoms with Gasteiger partial charge in [-0.1, -0.05) is 32.9 Å². The quantitative estimate of drug-likeness (QED) is 0.293. The van der Waals surface area contributed by atoms with E-state index in [4.69, 9.17) is 38.6 Å². The number of aliphatic hydroxyl groups excluding tert-OH is 2. The minimum absolute atomic E-state index is 0. The molecule has 4 fully saturated rings. The van der Waals surface area contributed by atoms with Crippen LogP contribution in [0, 0.1) is 0 Å². The summed E-state index contributed by atoms with van der Waals surface area (Å²) in [5, 5.41) is 28.4. The predicted octanol–water partition coefficient (Wildman–Crippen LogP) is -3.42. The topological polar surface area (TPSA) is 119 Å². The molecule has 0 amide bonds. The van der Waals surface area contributed by atoms with Crippen molar-refractivity contribution in [1.82, 2.24) is 0 Å². The first-order chi connectivity index (χ1) is 14.7. The third-order valence-corrected chi connectivity index (χ3v) is 4.82. The molecule has 4 aliphatic heterocycles. The summed E-state index contributed by atoms with van der Waals surface area (Å²) in [6, 6.07) is 0.